The van der Waals surface area contributed by atoms with E-state index in [1.165, 1.54) is 0 Å². The van der Waals surface area contributed by atoms with Crippen molar-refractivity contribution in [3.8, 4) is 0 Å². The first kappa shape index (κ1) is 31.7. The van der Waals surface area contributed by atoms with Crippen LogP contribution < -0.4 is 33.2 Å². The third-order valence-corrected chi connectivity index (χ3v) is 5.40. The van der Waals surface area contributed by atoms with Crippen molar-refractivity contribution < 1.29 is 39.0 Å². The number of primary amides is 1. The smallest absolute Gasteiger partial charge is 0.326 e. The number of carboxylic acid groups (broad SMARTS) is 2. The molecule has 0 spiro atoms. The molecule has 0 aromatic carbocycles. The maximum absolute atomic E-state index is 13.0. The summed E-state index contributed by atoms with van der Waals surface area (Å²) in [6.07, 6.45) is 0.488. The minimum atomic E-state index is -1.40. The molecule has 14 nitrogen and oxygen atoms in total. The Morgan fingerprint density at radius 1 is 0.857 bits per heavy atom. The molecule has 0 radical (unpaired) electrons. The van der Waals surface area contributed by atoms with E-state index >= 15 is 0 Å². The molecular formula is C21H38N6O8. The number of carbonyl (C=O) groups excluding carboxylic acids is 4. The lowest BCUT2D eigenvalue weighted by molar-refractivity contribution is -0.143. The van der Waals surface area contributed by atoms with Crippen molar-refractivity contribution in [3.63, 3.8) is 0 Å². The van der Waals surface area contributed by atoms with Crippen molar-refractivity contribution in [1.82, 2.24) is 16.0 Å². The topological polar surface area (TPSA) is 257 Å². The highest BCUT2D eigenvalue weighted by atomic mass is 16.4. The van der Waals surface area contributed by atoms with E-state index in [4.69, 9.17) is 22.3 Å². The minimum absolute atomic E-state index is 0.153. The average Bonchev–Trinajstić information content (AvgIpc) is 2.77. The van der Waals surface area contributed by atoms with Crippen LogP contribution in [0, 0.1) is 5.92 Å². The van der Waals surface area contributed by atoms with Crippen LogP contribution in [0.15, 0.2) is 0 Å². The molecule has 0 aliphatic rings. The Bertz CT molecular complexity index is 762. The summed E-state index contributed by atoms with van der Waals surface area (Å²) in [6.45, 7) is 3.79. The third-order valence-electron chi connectivity index (χ3n) is 5.40. The van der Waals surface area contributed by atoms with E-state index in [1.807, 2.05) is 0 Å². The molecule has 0 saturated heterocycles. The van der Waals surface area contributed by atoms with Crippen molar-refractivity contribution >= 4 is 35.6 Å². The van der Waals surface area contributed by atoms with Crippen LogP contribution >= 0.6 is 0 Å². The second-order valence-electron chi connectivity index (χ2n) is 8.33. The number of unbranched alkanes of at least 4 members (excludes halogenated alkanes) is 1. The average molecular weight is 503 g/mol. The summed E-state index contributed by atoms with van der Waals surface area (Å²) in [4.78, 5) is 71.5. The van der Waals surface area contributed by atoms with Crippen molar-refractivity contribution in [2.45, 2.75) is 83.0 Å². The first-order valence-electron chi connectivity index (χ1n) is 11.4. The Morgan fingerprint density at radius 3 is 1.94 bits per heavy atom. The summed E-state index contributed by atoms with van der Waals surface area (Å²) >= 11 is 0. The van der Waals surface area contributed by atoms with Crippen LogP contribution in [0.5, 0.6) is 0 Å². The highest BCUT2D eigenvalue weighted by Gasteiger charge is 2.32. The highest BCUT2D eigenvalue weighted by Crippen LogP contribution is 2.11. The van der Waals surface area contributed by atoms with Gasteiger partial charge in [-0.2, -0.15) is 0 Å². The fraction of sp³-hybridized carbons (Fsp3) is 0.714. The molecule has 0 rings (SSSR count). The Labute approximate surface area is 203 Å². The molecule has 4 amide bonds. The zero-order chi connectivity index (χ0) is 27.1. The number of nitrogens with one attached hydrogen (secondary N) is 3. The van der Waals surface area contributed by atoms with Crippen LogP contribution in [0.4, 0.5) is 0 Å². The minimum Gasteiger partial charge on any atom is -0.481 e. The summed E-state index contributed by atoms with van der Waals surface area (Å²) < 4.78 is 0. The van der Waals surface area contributed by atoms with Gasteiger partial charge in [-0.25, -0.2) is 4.79 Å². The number of hydrogen-bond acceptors (Lipinski definition) is 8. The number of carboxylic acids is 2. The molecule has 200 valence electrons. The summed E-state index contributed by atoms with van der Waals surface area (Å²) in [6, 6.07) is -5.05. The summed E-state index contributed by atoms with van der Waals surface area (Å²) in [5, 5.41) is 25.5. The first-order chi connectivity index (χ1) is 16.3. The van der Waals surface area contributed by atoms with Gasteiger partial charge in [-0.3, -0.25) is 24.0 Å². The molecule has 5 atom stereocenters. The Balaban J connectivity index is 5.57. The molecular weight excluding hydrogens is 464 g/mol. The van der Waals surface area contributed by atoms with Gasteiger partial charge in [0.2, 0.25) is 23.6 Å². The van der Waals surface area contributed by atoms with Crippen LogP contribution in [0.1, 0.15) is 58.8 Å². The summed E-state index contributed by atoms with van der Waals surface area (Å²) in [5.41, 5.74) is 16.1. The molecule has 0 bridgehead atoms. The van der Waals surface area contributed by atoms with Gasteiger partial charge in [-0.05, 0) is 38.1 Å². The highest BCUT2D eigenvalue weighted by molar-refractivity contribution is 5.94. The second kappa shape index (κ2) is 16.4. The Morgan fingerprint density at radius 2 is 1.46 bits per heavy atom. The number of rotatable bonds is 18. The first-order valence-corrected chi connectivity index (χ1v) is 11.4. The standard InChI is InChI=1S/C21H38N6O8/c1-3-11(2)17(20(33)26-14(21(34)35)7-8-15(24)28)27-19(32)13(6-4-5-9-22)25-18(31)12(23)10-16(29)30/h11-14,17H,3-10,22-23H2,1-2H3,(H2,24,28)(H,25,31)(H,26,33)(H,27,32)(H,29,30)(H,34,35). The lowest BCUT2D eigenvalue weighted by Gasteiger charge is -2.28. The van der Waals surface area contributed by atoms with E-state index in [0.717, 1.165) is 0 Å². The molecule has 0 heterocycles. The normalized spacial score (nSPS) is 15.1. The molecule has 0 aromatic rings. The van der Waals surface area contributed by atoms with Crippen molar-refractivity contribution in [2.75, 3.05) is 6.54 Å². The monoisotopic (exact) mass is 502 g/mol. The van der Waals surface area contributed by atoms with Crippen molar-refractivity contribution in [2.24, 2.45) is 23.1 Å². The van der Waals surface area contributed by atoms with Crippen LogP contribution in [-0.4, -0.2) is 76.5 Å². The van der Waals surface area contributed by atoms with Gasteiger partial charge in [0, 0.05) is 6.42 Å². The molecule has 0 saturated carbocycles. The van der Waals surface area contributed by atoms with Crippen LogP contribution in [0.2, 0.25) is 0 Å². The predicted octanol–water partition coefficient (Wildman–Crippen LogP) is -2.23. The van der Waals surface area contributed by atoms with E-state index in [2.05, 4.69) is 16.0 Å². The van der Waals surface area contributed by atoms with Crippen molar-refractivity contribution in [1.29, 1.82) is 0 Å². The molecule has 11 N–H and O–H groups in total. The van der Waals surface area contributed by atoms with E-state index in [1.54, 1.807) is 13.8 Å². The zero-order valence-corrected chi connectivity index (χ0v) is 20.1. The van der Waals surface area contributed by atoms with Gasteiger partial charge in [0.25, 0.3) is 0 Å². The van der Waals surface area contributed by atoms with E-state index < -0.39 is 72.1 Å². The largest absolute Gasteiger partial charge is 0.481 e. The lowest BCUT2D eigenvalue weighted by atomic mass is 9.96. The van der Waals surface area contributed by atoms with Crippen LogP contribution in [0.25, 0.3) is 0 Å². The van der Waals surface area contributed by atoms with E-state index in [-0.39, 0.29) is 19.3 Å². The van der Waals surface area contributed by atoms with Gasteiger partial charge in [-0.1, -0.05) is 20.3 Å². The summed E-state index contributed by atoms with van der Waals surface area (Å²) in [7, 11) is 0. The lowest BCUT2D eigenvalue weighted by Crippen LogP contribution is -2.58. The summed E-state index contributed by atoms with van der Waals surface area (Å²) in [5.74, 6) is -6.14. The fourth-order valence-electron chi connectivity index (χ4n) is 3.08. The molecule has 0 aliphatic heterocycles. The van der Waals surface area contributed by atoms with E-state index in [9.17, 15) is 33.9 Å². The fourth-order valence-corrected chi connectivity index (χ4v) is 3.08. The maximum atomic E-state index is 13.0. The number of carbonyl (C=O) groups is 6. The van der Waals surface area contributed by atoms with Gasteiger partial charge < -0.3 is 43.4 Å². The van der Waals surface area contributed by atoms with Gasteiger partial charge >= 0.3 is 11.9 Å². The number of nitrogens with two attached hydrogens (primary N) is 3. The Hall–Kier alpha value is -3.26. The predicted molar refractivity (Wildman–Crippen MR) is 124 cm³/mol. The number of hydrogen-bond donors (Lipinski definition) is 8. The van der Waals surface area contributed by atoms with Gasteiger partial charge in [-0.15, -0.1) is 0 Å². The SMILES string of the molecule is CCC(C)C(NC(=O)C(CCCCN)NC(=O)C(N)CC(=O)O)C(=O)NC(CCC(N)=O)C(=O)O. The molecule has 5 unspecified atom stereocenters. The van der Waals surface area contributed by atoms with Crippen molar-refractivity contribution in [3.05, 3.63) is 0 Å². The molecule has 14 heteroatoms. The molecule has 0 fully saturated rings. The maximum Gasteiger partial charge on any atom is 0.326 e. The quantitative estimate of drug-likeness (QED) is 0.0935. The molecule has 0 aromatic heterocycles. The zero-order valence-electron chi connectivity index (χ0n) is 20.1. The van der Waals surface area contributed by atoms with Gasteiger partial charge in [0.15, 0.2) is 0 Å². The molecule has 35 heavy (non-hydrogen) atoms. The Kier molecular flexibility index (Phi) is 14.9. The third kappa shape index (κ3) is 12.7. The van der Waals surface area contributed by atoms with Gasteiger partial charge in [0.05, 0.1) is 12.5 Å². The van der Waals surface area contributed by atoms with Crippen LogP contribution in [-0.2, 0) is 28.8 Å². The number of amides is 4. The molecule has 0 aliphatic carbocycles. The van der Waals surface area contributed by atoms with E-state index in [0.29, 0.717) is 25.8 Å². The number of aliphatic carboxylic acids is 2. The second-order valence-corrected chi connectivity index (χ2v) is 8.33. The van der Waals surface area contributed by atoms with Gasteiger partial charge in [0.1, 0.15) is 18.1 Å². The van der Waals surface area contributed by atoms with Crippen LogP contribution in [0.3, 0.4) is 0 Å².